The molecular formula is C16H28N6O3S2. The molecule has 9 nitrogen and oxygen atoms in total. The molecule has 0 unspecified atom stereocenters. The molecule has 1 aromatic rings. The van der Waals surface area contributed by atoms with Gasteiger partial charge in [-0.3, -0.25) is 4.90 Å². The molecule has 3 rings (SSSR count). The van der Waals surface area contributed by atoms with Gasteiger partial charge in [-0.1, -0.05) is 6.08 Å². The fourth-order valence-corrected chi connectivity index (χ4v) is 5.48. The van der Waals surface area contributed by atoms with Gasteiger partial charge in [-0.15, -0.1) is 6.58 Å². The minimum Gasteiger partial charge on any atom is -0.373 e. The summed E-state index contributed by atoms with van der Waals surface area (Å²) in [5, 5.41) is 4.32. The topological polar surface area (TPSA) is 75.8 Å². The van der Waals surface area contributed by atoms with Gasteiger partial charge < -0.3 is 9.30 Å². The highest BCUT2D eigenvalue weighted by atomic mass is 32.2. The first-order valence-corrected chi connectivity index (χ1v) is 11.0. The van der Waals surface area contributed by atoms with Gasteiger partial charge >= 0.3 is 0 Å². The van der Waals surface area contributed by atoms with E-state index in [4.69, 9.17) is 17.0 Å². The Kier molecular flexibility index (Phi) is 6.49. The summed E-state index contributed by atoms with van der Waals surface area (Å²) in [5.74, 6) is 0. The van der Waals surface area contributed by atoms with Crippen molar-refractivity contribution < 1.29 is 13.2 Å². The van der Waals surface area contributed by atoms with Crippen LogP contribution >= 0.6 is 12.2 Å². The second kappa shape index (κ2) is 8.50. The Bertz CT molecular complexity index is 802. The van der Waals surface area contributed by atoms with E-state index in [0.717, 1.165) is 0 Å². The molecule has 0 amide bonds. The highest BCUT2D eigenvalue weighted by Crippen LogP contribution is 2.19. The summed E-state index contributed by atoms with van der Waals surface area (Å²) >= 11 is 5.41. The minimum atomic E-state index is -3.46. The average molecular weight is 417 g/mol. The van der Waals surface area contributed by atoms with Crippen molar-refractivity contribution in [1.82, 2.24) is 27.9 Å². The van der Waals surface area contributed by atoms with E-state index in [9.17, 15) is 8.42 Å². The molecule has 11 heteroatoms. The molecule has 0 radical (unpaired) electrons. The summed E-state index contributed by atoms with van der Waals surface area (Å²) in [4.78, 5) is 2.16. The lowest BCUT2D eigenvalue weighted by atomic mass is 10.3. The van der Waals surface area contributed by atoms with Crippen LogP contribution in [0.4, 0.5) is 0 Å². The first-order valence-electron chi connectivity index (χ1n) is 9.17. The molecule has 2 atom stereocenters. The van der Waals surface area contributed by atoms with Crippen molar-refractivity contribution in [1.29, 1.82) is 0 Å². The maximum Gasteiger partial charge on any atom is 0.282 e. The van der Waals surface area contributed by atoms with Gasteiger partial charge in [0.25, 0.3) is 10.2 Å². The first-order chi connectivity index (χ1) is 12.8. The number of hydrogen-bond donors (Lipinski definition) is 0. The van der Waals surface area contributed by atoms with Crippen LogP contribution in [-0.4, -0.2) is 87.8 Å². The van der Waals surface area contributed by atoms with E-state index in [0.29, 0.717) is 57.3 Å². The highest BCUT2D eigenvalue weighted by molar-refractivity contribution is 7.86. The van der Waals surface area contributed by atoms with Crippen LogP contribution in [-0.2, 0) is 28.2 Å². The molecule has 152 valence electrons. The predicted molar refractivity (Wildman–Crippen MR) is 105 cm³/mol. The molecule has 2 aliphatic rings. The maximum atomic E-state index is 13.0. The number of hydrogen-bond acceptors (Lipinski definition) is 6. The molecule has 0 spiro atoms. The lowest BCUT2D eigenvalue weighted by Gasteiger charge is -2.40. The summed E-state index contributed by atoms with van der Waals surface area (Å²) in [5.41, 5.74) is 0. The molecule has 1 aromatic heterocycles. The van der Waals surface area contributed by atoms with Crippen LogP contribution in [0.25, 0.3) is 0 Å². The van der Waals surface area contributed by atoms with Gasteiger partial charge in [0, 0.05) is 45.8 Å². The molecule has 2 aliphatic heterocycles. The number of aromatic nitrogens is 3. The fraction of sp³-hybridized carbons (Fsp3) is 0.750. The van der Waals surface area contributed by atoms with E-state index in [1.165, 1.54) is 0 Å². The van der Waals surface area contributed by atoms with Crippen LogP contribution in [0, 0.1) is 4.77 Å². The fourth-order valence-electron chi connectivity index (χ4n) is 3.51. The number of rotatable bonds is 6. The molecule has 0 N–H and O–H groups in total. The van der Waals surface area contributed by atoms with Crippen molar-refractivity contribution in [2.24, 2.45) is 0 Å². The van der Waals surface area contributed by atoms with Crippen molar-refractivity contribution in [3.05, 3.63) is 23.8 Å². The van der Waals surface area contributed by atoms with Crippen molar-refractivity contribution in [3.8, 4) is 0 Å². The number of piperazine rings is 1. The van der Waals surface area contributed by atoms with Gasteiger partial charge in [0.15, 0.2) is 4.77 Å². The van der Waals surface area contributed by atoms with Gasteiger partial charge in [0.05, 0.1) is 18.9 Å². The van der Waals surface area contributed by atoms with Crippen LogP contribution in [0.3, 0.4) is 0 Å². The van der Waals surface area contributed by atoms with E-state index in [1.807, 2.05) is 18.4 Å². The zero-order valence-electron chi connectivity index (χ0n) is 15.9. The van der Waals surface area contributed by atoms with Crippen LogP contribution in [0.15, 0.2) is 19.0 Å². The summed E-state index contributed by atoms with van der Waals surface area (Å²) < 4.78 is 38.9. The Morgan fingerprint density at radius 1 is 1.22 bits per heavy atom. The van der Waals surface area contributed by atoms with E-state index < -0.39 is 10.2 Å². The summed E-state index contributed by atoms with van der Waals surface area (Å²) in [6, 6.07) is 0. The van der Waals surface area contributed by atoms with E-state index >= 15 is 0 Å². The van der Waals surface area contributed by atoms with Gasteiger partial charge in [0.2, 0.25) is 0 Å². The van der Waals surface area contributed by atoms with Gasteiger partial charge in [-0.2, -0.15) is 22.1 Å². The van der Waals surface area contributed by atoms with Gasteiger partial charge in [-0.05, 0) is 26.1 Å². The zero-order valence-corrected chi connectivity index (χ0v) is 17.5. The minimum absolute atomic E-state index is 0.0858. The maximum absolute atomic E-state index is 13.0. The normalized spacial score (nSPS) is 26.3. The molecule has 0 aromatic carbocycles. The van der Waals surface area contributed by atoms with Gasteiger partial charge in [0.1, 0.15) is 6.33 Å². The SMILES string of the molecule is C=CCn1cnn(CN2CCN(S(=O)(=O)N3C[C@@H](C)O[C@@H](C)C3)CC2)c1=S. The molecule has 27 heavy (non-hydrogen) atoms. The molecule has 0 saturated carbocycles. The number of morpholine rings is 1. The molecule has 2 fully saturated rings. The zero-order chi connectivity index (χ0) is 19.6. The third-order valence-corrected chi connectivity index (χ3v) is 7.24. The molecule has 0 aliphatic carbocycles. The van der Waals surface area contributed by atoms with Crippen molar-refractivity contribution >= 4 is 22.4 Å². The molecule has 2 saturated heterocycles. The van der Waals surface area contributed by atoms with Crippen LogP contribution in [0.1, 0.15) is 13.8 Å². The number of nitrogens with zero attached hydrogens (tertiary/aromatic N) is 6. The standard InChI is InChI=1S/C16H28N6O3S2/c1-4-5-19-12-17-22(16(19)26)13-18-6-8-20(9-7-18)27(23,24)21-10-14(2)25-15(3)11-21/h4,12,14-15H,1,5-11,13H2,2-3H3/t14-,15+. The third-order valence-electron chi connectivity index (χ3n) is 4.83. The summed E-state index contributed by atoms with van der Waals surface area (Å²) in [7, 11) is -3.46. The second-order valence-electron chi connectivity index (χ2n) is 7.09. The lowest BCUT2D eigenvalue weighted by Crippen LogP contribution is -2.57. The molecule has 3 heterocycles. The monoisotopic (exact) mass is 416 g/mol. The van der Waals surface area contributed by atoms with Crippen molar-refractivity contribution in [3.63, 3.8) is 0 Å². The molecular weight excluding hydrogens is 388 g/mol. The smallest absolute Gasteiger partial charge is 0.282 e. The number of ether oxygens (including phenoxy) is 1. The van der Waals surface area contributed by atoms with Crippen LogP contribution in [0.2, 0.25) is 0 Å². The largest absolute Gasteiger partial charge is 0.373 e. The Morgan fingerprint density at radius 3 is 2.44 bits per heavy atom. The van der Waals surface area contributed by atoms with Crippen molar-refractivity contribution in [2.45, 2.75) is 39.3 Å². The average Bonchev–Trinajstić information content (AvgIpc) is 2.95. The lowest BCUT2D eigenvalue weighted by molar-refractivity contribution is -0.0458. The Balaban J connectivity index is 1.58. The third kappa shape index (κ3) is 4.66. The first kappa shape index (κ1) is 20.6. The highest BCUT2D eigenvalue weighted by Gasteiger charge is 2.36. The van der Waals surface area contributed by atoms with E-state index in [2.05, 4.69) is 16.6 Å². The molecule has 0 bridgehead atoms. The Labute approximate surface area is 166 Å². The van der Waals surface area contributed by atoms with Crippen LogP contribution in [0.5, 0.6) is 0 Å². The van der Waals surface area contributed by atoms with Crippen molar-refractivity contribution in [2.75, 3.05) is 39.3 Å². The van der Waals surface area contributed by atoms with E-state index in [1.54, 1.807) is 25.7 Å². The van der Waals surface area contributed by atoms with Crippen LogP contribution < -0.4 is 0 Å². The predicted octanol–water partition coefficient (Wildman–Crippen LogP) is 0.529. The Morgan fingerprint density at radius 2 is 1.85 bits per heavy atom. The number of allylic oxidation sites excluding steroid dienone is 1. The van der Waals surface area contributed by atoms with Gasteiger partial charge in [-0.25, -0.2) is 4.68 Å². The second-order valence-corrected chi connectivity index (χ2v) is 9.39. The van der Waals surface area contributed by atoms with E-state index in [-0.39, 0.29) is 12.2 Å². The summed E-state index contributed by atoms with van der Waals surface area (Å²) in [6.45, 7) is 11.7. The quantitative estimate of drug-likeness (QED) is 0.497. The summed E-state index contributed by atoms with van der Waals surface area (Å²) in [6.07, 6.45) is 3.30. The Hall–Kier alpha value is -1.11.